The first-order valence-electron chi connectivity index (χ1n) is 10.2. The number of ether oxygens (including phenoxy) is 2. The van der Waals surface area contributed by atoms with Crippen molar-refractivity contribution in [1.82, 2.24) is 4.98 Å². The lowest BCUT2D eigenvalue weighted by Crippen LogP contribution is -2.02. The number of methoxy groups -OCH3 is 2. The molecule has 0 fully saturated rings. The number of rotatable bonds is 6. The van der Waals surface area contributed by atoms with E-state index in [0.29, 0.717) is 37.9 Å². The number of hydrogen-bond donors (Lipinski definition) is 1. The summed E-state index contributed by atoms with van der Waals surface area (Å²) in [6, 6.07) is 20.3. The van der Waals surface area contributed by atoms with Crippen LogP contribution in [0.25, 0.3) is 32.8 Å². The van der Waals surface area contributed by atoms with Gasteiger partial charge < -0.3 is 19.6 Å². The van der Waals surface area contributed by atoms with Crippen molar-refractivity contribution in [2.24, 2.45) is 0 Å². The van der Waals surface area contributed by atoms with Crippen molar-refractivity contribution in [1.29, 1.82) is 0 Å². The van der Waals surface area contributed by atoms with Gasteiger partial charge in [-0.05, 0) is 66.7 Å². The number of furan rings is 1. The first-order chi connectivity index (χ1) is 16.1. The number of anilines is 1. The number of carbonyl (C=O) groups excluding carboxylic acids is 1. The number of hydrogen-bond acceptors (Lipinski definition) is 7. The highest BCUT2D eigenvalue weighted by molar-refractivity contribution is 7.21. The summed E-state index contributed by atoms with van der Waals surface area (Å²) < 4.78 is 16.1. The maximum absolute atomic E-state index is 13.3. The van der Waals surface area contributed by atoms with E-state index in [1.54, 1.807) is 44.7 Å². The van der Waals surface area contributed by atoms with Crippen molar-refractivity contribution in [3.63, 3.8) is 0 Å². The van der Waals surface area contributed by atoms with E-state index in [-0.39, 0.29) is 5.78 Å². The van der Waals surface area contributed by atoms with Crippen LogP contribution in [0.5, 0.6) is 11.5 Å². The highest BCUT2D eigenvalue weighted by Gasteiger charge is 2.23. The third-order valence-corrected chi connectivity index (χ3v) is 6.53. The zero-order chi connectivity index (χ0) is 22.9. The second-order valence-corrected chi connectivity index (χ2v) is 8.34. The van der Waals surface area contributed by atoms with Crippen LogP contribution in [0.15, 0.2) is 77.4 Å². The minimum absolute atomic E-state index is 0.158. The molecular weight excluding hydrogens is 436 g/mol. The molecule has 0 aliphatic rings. The van der Waals surface area contributed by atoms with E-state index < -0.39 is 0 Å². The molecule has 0 atom stereocenters. The van der Waals surface area contributed by atoms with Crippen LogP contribution in [-0.4, -0.2) is 25.0 Å². The van der Waals surface area contributed by atoms with E-state index in [1.807, 2.05) is 42.5 Å². The molecule has 2 N–H and O–H groups in total. The van der Waals surface area contributed by atoms with Gasteiger partial charge in [0.15, 0.2) is 0 Å². The molecule has 2 aromatic carbocycles. The predicted octanol–water partition coefficient (Wildman–Crippen LogP) is 6.05. The van der Waals surface area contributed by atoms with Crippen LogP contribution in [0, 0.1) is 0 Å². The van der Waals surface area contributed by atoms with E-state index in [1.165, 1.54) is 11.3 Å². The molecule has 0 radical (unpaired) electrons. The topological polar surface area (TPSA) is 87.6 Å². The smallest absolute Gasteiger partial charge is 0.205 e. The number of benzene rings is 2. The van der Waals surface area contributed by atoms with Crippen LogP contribution in [0.4, 0.5) is 5.69 Å². The number of pyridine rings is 1. The SMILES string of the molecule is COc1ccc(C(=O)c2sc3nc(-c4ccc(OC)cc4)cc(-c4ccco4)c3c2N)cc1. The van der Waals surface area contributed by atoms with E-state index in [4.69, 9.17) is 24.6 Å². The first-order valence-corrected chi connectivity index (χ1v) is 11.0. The molecule has 3 heterocycles. The van der Waals surface area contributed by atoms with Gasteiger partial charge in [-0.25, -0.2) is 4.98 Å². The summed E-state index contributed by atoms with van der Waals surface area (Å²) >= 11 is 1.28. The molecule has 0 aliphatic heterocycles. The molecule has 0 unspecified atom stereocenters. The fourth-order valence-electron chi connectivity index (χ4n) is 3.70. The minimum atomic E-state index is -0.158. The van der Waals surface area contributed by atoms with Crippen LogP contribution in [0.1, 0.15) is 15.2 Å². The Morgan fingerprint density at radius 3 is 2.24 bits per heavy atom. The Morgan fingerprint density at radius 1 is 0.970 bits per heavy atom. The van der Waals surface area contributed by atoms with Crippen LogP contribution in [0.3, 0.4) is 0 Å². The molecule has 0 amide bonds. The molecule has 6 nitrogen and oxygen atoms in total. The highest BCUT2D eigenvalue weighted by Crippen LogP contribution is 2.42. The van der Waals surface area contributed by atoms with Gasteiger partial charge in [0.2, 0.25) is 5.78 Å². The highest BCUT2D eigenvalue weighted by atomic mass is 32.1. The molecule has 5 rings (SSSR count). The van der Waals surface area contributed by atoms with Crippen LogP contribution in [0.2, 0.25) is 0 Å². The summed E-state index contributed by atoms with van der Waals surface area (Å²) in [5.41, 5.74) is 9.92. The molecule has 0 spiro atoms. The average Bonchev–Trinajstić information content (AvgIpc) is 3.52. The van der Waals surface area contributed by atoms with Gasteiger partial charge in [0.25, 0.3) is 0 Å². The molecule has 0 saturated carbocycles. The third kappa shape index (κ3) is 3.72. The summed E-state index contributed by atoms with van der Waals surface area (Å²) in [4.78, 5) is 19.2. The van der Waals surface area contributed by atoms with Crippen LogP contribution >= 0.6 is 11.3 Å². The fraction of sp³-hybridized carbons (Fsp3) is 0.0769. The van der Waals surface area contributed by atoms with Crippen molar-refractivity contribution in [2.45, 2.75) is 0 Å². The number of carbonyl (C=O) groups is 1. The second kappa shape index (κ2) is 8.44. The maximum Gasteiger partial charge on any atom is 0.205 e. The number of nitrogen functional groups attached to an aromatic ring is 1. The summed E-state index contributed by atoms with van der Waals surface area (Å²) in [6.07, 6.45) is 1.61. The Bertz CT molecular complexity index is 1440. The summed E-state index contributed by atoms with van der Waals surface area (Å²) in [5.74, 6) is 1.94. The molecule has 164 valence electrons. The maximum atomic E-state index is 13.3. The van der Waals surface area contributed by atoms with E-state index in [9.17, 15) is 4.79 Å². The number of nitrogens with two attached hydrogens (primary N) is 1. The van der Waals surface area contributed by atoms with Gasteiger partial charge in [-0.3, -0.25) is 4.79 Å². The van der Waals surface area contributed by atoms with E-state index >= 15 is 0 Å². The lowest BCUT2D eigenvalue weighted by Gasteiger charge is -2.07. The normalized spacial score (nSPS) is 11.0. The molecule has 0 bridgehead atoms. The van der Waals surface area contributed by atoms with Gasteiger partial charge in [-0.1, -0.05) is 0 Å². The summed E-state index contributed by atoms with van der Waals surface area (Å²) in [5, 5.41) is 0.712. The van der Waals surface area contributed by atoms with E-state index in [0.717, 1.165) is 22.6 Å². The second-order valence-electron chi connectivity index (χ2n) is 7.34. The van der Waals surface area contributed by atoms with E-state index in [2.05, 4.69) is 0 Å². The molecule has 7 heteroatoms. The van der Waals surface area contributed by atoms with Gasteiger partial charge in [0.05, 0.1) is 31.9 Å². The number of nitrogens with zero attached hydrogens (tertiary/aromatic N) is 1. The van der Waals surface area contributed by atoms with Gasteiger partial charge in [-0.2, -0.15) is 0 Å². The fourth-order valence-corrected chi connectivity index (χ4v) is 4.78. The van der Waals surface area contributed by atoms with Gasteiger partial charge >= 0.3 is 0 Å². The lowest BCUT2D eigenvalue weighted by molar-refractivity contribution is 0.104. The average molecular weight is 457 g/mol. The Balaban J connectivity index is 1.68. The Morgan fingerprint density at radius 2 is 1.64 bits per heavy atom. The summed E-state index contributed by atoms with van der Waals surface area (Å²) in [7, 11) is 3.22. The van der Waals surface area contributed by atoms with Crippen molar-refractivity contribution in [3.8, 4) is 34.1 Å². The molecule has 0 aliphatic carbocycles. The van der Waals surface area contributed by atoms with Gasteiger partial charge in [0.1, 0.15) is 27.0 Å². The summed E-state index contributed by atoms with van der Waals surface area (Å²) in [6.45, 7) is 0. The first kappa shape index (κ1) is 20.8. The predicted molar refractivity (Wildman–Crippen MR) is 130 cm³/mol. The number of thiophene rings is 1. The standard InChI is InChI=1S/C26H20N2O4S/c1-30-17-9-5-15(6-10-17)20-14-19(21-4-3-13-32-21)22-23(27)25(33-26(22)28-20)24(29)16-7-11-18(31-2)12-8-16/h3-14H,27H2,1-2H3. The lowest BCUT2D eigenvalue weighted by atomic mass is 10.0. The molecule has 3 aromatic heterocycles. The molecular formula is C26H20N2O4S. The van der Waals surface area contributed by atoms with Crippen molar-refractivity contribution in [3.05, 3.63) is 83.4 Å². The van der Waals surface area contributed by atoms with Crippen molar-refractivity contribution in [2.75, 3.05) is 20.0 Å². The zero-order valence-electron chi connectivity index (χ0n) is 18.0. The number of fused-ring (bicyclic) bond motifs is 1. The van der Waals surface area contributed by atoms with Crippen molar-refractivity contribution < 1.29 is 18.7 Å². The van der Waals surface area contributed by atoms with Crippen LogP contribution in [-0.2, 0) is 0 Å². The number of aromatic nitrogens is 1. The van der Waals surface area contributed by atoms with Crippen molar-refractivity contribution >= 4 is 33.0 Å². The molecule has 33 heavy (non-hydrogen) atoms. The zero-order valence-corrected chi connectivity index (χ0v) is 18.8. The Labute approximate surface area is 194 Å². The quantitative estimate of drug-likeness (QED) is 0.313. The van der Waals surface area contributed by atoms with Crippen LogP contribution < -0.4 is 15.2 Å². The third-order valence-electron chi connectivity index (χ3n) is 5.43. The molecule has 0 saturated heterocycles. The number of ketones is 1. The largest absolute Gasteiger partial charge is 0.497 e. The van der Waals surface area contributed by atoms with Gasteiger partial charge in [0, 0.05) is 22.1 Å². The van der Waals surface area contributed by atoms with Gasteiger partial charge in [-0.15, -0.1) is 11.3 Å². The Kier molecular flexibility index (Phi) is 5.32. The monoisotopic (exact) mass is 456 g/mol. The minimum Gasteiger partial charge on any atom is -0.497 e. The molecule has 5 aromatic rings. The Hall–Kier alpha value is -4.10.